The van der Waals surface area contributed by atoms with E-state index in [0.717, 1.165) is 55.3 Å². The molecule has 0 radical (unpaired) electrons. The van der Waals surface area contributed by atoms with Crippen molar-refractivity contribution in [3.63, 3.8) is 0 Å². The number of hydrogen-bond acceptors (Lipinski definition) is 14. The third-order valence-corrected chi connectivity index (χ3v) is 19.4. The summed E-state index contributed by atoms with van der Waals surface area (Å²) in [5.74, 6) is 2.08. The maximum atomic E-state index is 14.2. The van der Waals surface area contributed by atoms with E-state index in [1.54, 1.807) is 91.9 Å². The fraction of sp³-hybridized carbons (Fsp3) is 0.731. The van der Waals surface area contributed by atoms with Gasteiger partial charge in [0.15, 0.2) is 24.8 Å². The Bertz CT molecular complexity index is 2410. The number of ether oxygens (including phenoxy) is 9. The number of rotatable bonds is 46. The molecule has 2 fully saturated rings. The molecule has 0 aromatic heterocycles. The molecule has 92 heavy (non-hydrogen) atoms. The van der Waals surface area contributed by atoms with Gasteiger partial charge in [-0.05, 0) is 96.6 Å². The Morgan fingerprint density at radius 1 is 0.446 bits per heavy atom. The van der Waals surface area contributed by atoms with Crippen molar-refractivity contribution in [2.24, 2.45) is 59.2 Å². The second kappa shape index (κ2) is 43.7. The fourth-order valence-corrected chi connectivity index (χ4v) is 12.9. The van der Waals surface area contributed by atoms with Crippen LogP contribution in [0.1, 0.15) is 243 Å². The van der Waals surface area contributed by atoms with Crippen molar-refractivity contribution in [3.05, 3.63) is 108 Å². The van der Waals surface area contributed by atoms with Crippen molar-refractivity contribution >= 4 is 17.9 Å². The quantitative estimate of drug-likeness (QED) is 0.0310. The Balaban J connectivity index is 1.31. The molecule has 0 saturated carbocycles. The van der Waals surface area contributed by atoms with Crippen molar-refractivity contribution in [1.82, 2.24) is 0 Å². The maximum Gasteiger partial charge on any atom is 0.338 e. The van der Waals surface area contributed by atoms with Gasteiger partial charge in [0.2, 0.25) is 0 Å². The number of hydrogen-bond donors (Lipinski definition) is 2. The van der Waals surface area contributed by atoms with Crippen LogP contribution in [-0.4, -0.2) is 123 Å². The summed E-state index contributed by atoms with van der Waals surface area (Å²) < 4.78 is 58.5. The molecule has 11 unspecified atom stereocenters. The van der Waals surface area contributed by atoms with Crippen molar-refractivity contribution in [2.75, 3.05) is 39.6 Å². The molecule has 3 aromatic rings. The van der Waals surface area contributed by atoms with Gasteiger partial charge < -0.3 is 52.8 Å². The van der Waals surface area contributed by atoms with E-state index >= 15 is 0 Å². The molecule has 2 saturated heterocycles. The molecule has 2 heterocycles. The van der Waals surface area contributed by atoms with Crippen LogP contribution in [0.5, 0.6) is 0 Å². The van der Waals surface area contributed by atoms with Gasteiger partial charge in [-0.3, -0.25) is 0 Å². The van der Waals surface area contributed by atoms with Crippen LogP contribution in [0.25, 0.3) is 0 Å². The highest BCUT2D eigenvalue weighted by molar-refractivity contribution is 5.90. The van der Waals surface area contributed by atoms with Crippen molar-refractivity contribution < 1.29 is 67.2 Å². The molecule has 0 spiro atoms. The lowest BCUT2D eigenvalue weighted by Crippen LogP contribution is -2.62. The van der Waals surface area contributed by atoms with Crippen LogP contribution in [0.3, 0.4) is 0 Å². The molecular weight excluding hydrogens is 1160 g/mol. The normalized spacial score (nSPS) is 24.1. The van der Waals surface area contributed by atoms with Gasteiger partial charge in [-0.1, -0.05) is 253 Å². The molecule has 2 aliphatic rings. The monoisotopic (exact) mass is 1280 g/mol. The first kappa shape index (κ1) is 78.4. The summed E-state index contributed by atoms with van der Waals surface area (Å²) in [6, 6.07) is 25.7. The average molecular weight is 1290 g/mol. The maximum absolute atomic E-state index is 14.2. The summed E-state index contributed by atoms with van der Waals surface area (Å²) in [4.78, 5) is 41.6. The third-order valence-electron chi connectivity index (χ3n) is 19.4. The minimum Gasteiger partial charge on any atom is -0.459 e. The van der Waals surface area contributed by atoms with Crippen LogP contribution in [-0.2, 0) is 42.6 Å². The molecule has 2 aliphatic heterocycles. The van der Waals surface area contributed by atoms with E-state index in [0.29, 0.717) is 42.1 Å². The van der Waals surface area contributed by atoms with E-state index < -0.39 is 91.7 Å². The number of aliphatic hydroxyl groups excluding tert-OH is 2. The van der Waals surface area contributed by atoms with Crippen LogP contribution in [0.4, 0.5) is 0 Å². The second-order valence-corrected chi connectivity index (χ2v) is 29.0. The largest absolute Gasteiger partial charge is 0.459 e. The van der Waals surface area contributed by atoms with Crippen molar-refractivity contribution in [2.45, 2.75) is 267 Å². The zero-order chi connectivity index (χ0) is 66.8. The highest BCUT2D eigenvalue weighted by Crippen LogP contribution is 2.38. The van der Waals surface area contributed by atoms with E-state index in [4.69, 9.17) is 42.6 Å². The zero-order valence-corrected chi connectivity index (χ0v) is 58.8. The third kappa shape index (κ3) is 29.4. The lowest BCUT2D eigenvalue weighted by molar-refractivity contribution is -0.347. The van der Waals surface area contributed by atoms with Crippen molar-refractivity contribution in [3.8, 4) is 0 Å². The van der Waals surface area contributed by atoms with Crippen LogP contribution in [0.2, 0.25) is 0 Å². The first-order valence-electron chi connectivity index (χ1n) is 36.0. The predicted octanol–water partition coefficient (Wildman–Crippen LogP) is 17.1. The molecule has 5 rings (SSSR count). The molecule has 17 atom stereocenters. The number of aliphatic hydroxyl groups is 2. The van der Waals surface area contributed by atoms with Crippen molar-refractivity contribution in [1.29, 1.82) is 0 Å². The smallest absolute Gasteiger partial charge is 0.338 e. The van der Waals surface area contributed by atoms with Gasteiger partial charge in [-0.2, -0.15) is 0 Å². The van der Waals surface area contributed by atoms with E-state index in [9.17, 15) is 24.6 Å². The Morgan fingerprint density at radius 3 is 1.25 bits per heavy atom. The van der Waals surface area contributed by atoms with Gasteiger partial charge in [-0.25, -0.2) is 14.4 Å². The molecule has 0 aliphatic carbocycles. The molecule has 14 heteroatoms. The first-order valence-corrected chi connectivity index (χ1v) is 36.0. The predicted molar refractivity (Wildman–Crippen MR) is 365 cm³/mol. The average Bonchev–Trinajstić information content (AvgIpc) is 0.792. The SMILES string of the molecule is CC(C)CCCC(C)CCCC(C)CCCC(C)CCOCC(CO[C@@H]1OC(COC(=O)c2ccccc2)[C@@H](O[C@@H]2OC(CO)[C@H](O)[C@H](C)C2OC(=O)c2ccccc2)[C@H](C)C1OC(=O)c1ccccc1)OCCC(C)CCCC(C)CCCC(C)CCCC(C)C. The minimum absolute atomic E-state index is 0.0159. The van der Waals surface area contributed by atoms with Crippen LogP contribution < -0.4 is 0 Å². The minimum atomic E-state index is -1.38. The van der Waals surface area contributed by atoms with E-state index in [1.165, 1.54) is 103 Å². The lowest BCUT2D eigenvalue weighted by atomic mass is 9.88. The Kier molecular flexibility index (Phi) is 37.3. The number of benzene rings is 3. The summed E-state index contributed by atoms with van der Waals surface area (Å²) in [7, 11) is 0. The Morgan fingerprint density at radius 2 is 0.826 bits per heavy atom. The summed E-state index contributed by atoms with van der Waals surface area (Å²) >= 11 is 0. The molecule has 0 bridgehead atoms. The molecular formula is C78H124O14. The molecule has 3 aromatic carbocycles. The van der Waals surface area contributed by atoms with Gasteiger partial charge in [0.1, 0.15) is 24.9 Å². The van der Waals surface area contributed by atoms with Crippen LogP contribution >= 0.6 is 0 Å². The van der Waals surface area contributed by atoms with Gasteiger partial charge >= 0.3 is 17.9 Å². The van der Waals surface area contributed by atoms with E-state index in [1.807, 2.05) is 13.0 Å². The standard InChI is InChI=1S/C78H124O14/c1-54(2)28-22-30-56(5)32-24-34-58(7)36-26-38-60(9)46-48-84-51-67(85-49-47-61(10)39-27-37-59(8)35-25-33-57(6)31-23-29-55(3)4)52-87-77-73(91-76(83)66-44-20-15-21-45-66)63(12)71(69(89-77)53-86-74(81)64-40-16-13-17-41-64)92-78-72(62(11)70(80)68(50-79)88-78)90-75(82)65-42-18-14-19-43-65/h13-21,40-45,54-63,67-73,77-80H,22-39,46-53H2,1-12H3/t56?,57?,58?,59?,60?,61?,62-,63-,67?,68?,69?,70+,71-,72?,73?,77+,78-/m0/s1. The first-order chi connectivity index (χ1) is 44.2. The lowest BCUT2D eigenvalue weighted by Gasteiger charge is -2.48. The summed E-state index contributed by atoms with van der Waals surface area (Å²) in [5, 5.41) is 21.8. The molecule has 0 amide bonds. The number of carbonyl (C=O) groups is 3. The second-order valence-electron chi connectivity index (χ2n) is 29.0. The zero-order valence-electron chi connectivity index (χ0n) is 58.8. The Labute approximate surface area is 556 Å². The molecule has 520 valence electrons. The number of esters is 3. The summed E-state index contributed by atoms with van der Waals surface area (Å²) in [6.07, 6.45) is 14.8. The summed E-state index contributed by atoms with van der Waals surface area (Å²) in [5.41, 5.74) is 0.900. The molecule has 14 nitrogen and oxygen atoms in total. The topological polar surface area (TPSA) is 175 Å². The van der Waals surface area contributed by atoms with Crippen LogP contribution in [0.15, 0.2) is 91.0 Å². The summed E-state index contributed by atoms with van der Waals surface area (Å²) in [6.45, 7) is 27.5. The fourth-order valence-electron chi connectivity index (χ4n) is 12.9. The molecule has 2 N–H and O–H groups in total. The van der Waals surface area contributed by atoms with Gasteiger partial charge in [0.25, 0.3) is 0 Å². The van der Waals surface area contributed by atoms with Gasteiger partial charge in [-0.15, -0.1) is 0 Å². The Hall–Kier alpha value is -4.25. The highest BCUT2D eigenvalue weighted by atomic mass is 16.8. The van der Waals surface area contributed by atoms with Crippen LogP contribution in [0, 0.1) is 59.2 Å². The van der Waals surface area contributed by atoms with E-state index in [-0.39, 0.29) is 25.4 Å². The van der Waals surface area contributed by atoms with Gasteiger partial charge in [0, 0.05) is 25.0 Å². The van der Waals surface area contributed by atoms with E-state index in [2.05, 4.69) is 69.2 Å². The number of carbonyl (C=O) groups excluding carboxylic acids is 3. The highest BCUT2D eigenvalue weighted by Gasteiger charge is 2.53. The van der Waals surface area contributed by atoms with Gasteiger partial charge in [0.05, 0.1) is 48.7 Å².